The number of morpholine rings is 1. The van der Waals surface area contributed by atoms with Crippen LogP contribution in [0.2, 0.25) is 0 Å². The summed E-state index contributed by atoms with van der Waals surface area (Å²) in [5, 5.41) is 9.27. The molecule has 0 saturated carbocycles. The van der Waals surface area contributed by atoms with Crippen LogP contribution in [-0.4, -0.2) is 85.4 Å². The number of anilines is 1. The molecule has 3 heterocycles. The maximum Gasteiger partial charge on any atom is 0.490 e. The van der Waals surface area contributed by atoms with Gasteiger partial charge in [-0.3, -0.25) is 9.69 Å². The molecule has 1 N–H and O–H groups in total. The first-order valence-electron chi connectivity index (χ1n) is 11.7. The Labute approximate surface area is 213 Å². The predicted molar refractivity (Wildman–Crippen MR) is 132 cm³/mol. The van der Waals surface area contributed by atoms with E-state index in [1.54, 1.807) is 0 Å². The number of carbonyl (C=O) groups is 2. The molecular formula is C25H32F3N3O4S. The second kappa shape index (κ2) is 12.1. The lowest BCUT2D eigenvalue weighted by Gasteiger charge is -2.42. The maximum atomic E-state index is 13.1. The monoisotopic (exact) mass is 527 g/mol. The van der Waals surface area contributed by atoms with Crippen LogP contribution in [0.1, 0.15) is 34.5 Å². The molecule has 2 saturated heterocycles. The molecule has 0 aliphatic carbocycles. The van der Waals surface area contributed by atoms with Gasteiger partial charge in [0.2, 0.25) is 0 Å². The fourth-order valence-electron chi connectivity index (χ4n) is 4.45. The number of alkyl halides is 3. The molecule has 4 rings (SSSR count). The normalized spacial score (nSPS) is 20.9. The smallest absolute Gasteiger partial charge is 0.475 e. The molecule has 1 amide bonds. The molecule has 0 radical (unpaired) electrons. The summed E-state index contributed by atoms with van der Waals surface area (Å²) in [5.41, 5.74) is 1.72. The minimum atomic E-state index is -5.08. The highest BCUT2D eigenvalue weighted by atomic mass is 32.1. The summed E-state index contributed by atoms with van der Waals surface area (Å²) >= 11 is 1.82. The lowest BCUT2D eigenvalue weighted by atomic mass is 9.92. The third-order valence-corrected chi connectivity index (χ3v) is 7.19. The van der Waals surface area contributed by atoms with E-state index in [2.05, 4.69) is 22.4 Å². The van der Waals surface area contributed by atoms with E-state index >= 15 is 0 Å². The lowest BCUT2D eigenvalue weighted by Crippen LogP contribution is -2.51. The largest absolute Gasteiger partial charge is 0.490 e. The number of ether oxygens (including phenoxy) is 1. The molecule has 1 spiro atoms. The number of aliphatic carboxylic acids is 1. The average molecular weight is 528 g/mol. The topological polar surface area (TPSA) is 73.3 Å². The van der Waals surface area contributed by atoms with Crippen molar-refractivity contribution < 1.29 is 32.6 Å². The summed E-state index contributed by atoms with van der Waals surface area (Å²) in [6, 6.07) is 12.2. The minimum absolute atomic E-state index is 0.115. The number of hydrogen-bond acceptors (Lipinski definition) is 6. The Morgan fingerprint density at radius 2 is 1.89 bits per heavy atom. The number of carboxylic acids is 1. The van der Waals surface area contributed by atoms with Crippen LogP contribution in [0, 0.1) is 0 Å². The van der Waals surface area contributed by atoms with Gasteiger partial charge < -0.3 is 19.6 Å². The summed E-state index contributed by atoms with van der Waals surface area (Å²) < 4.78 is 38.1. The molecule has 198 valence electrons. The van der Waals surface area contributed by atoms with Gasteiger partial charge in [-0.15, -0.1) is 11.3 Å². The van der Waals surface area contributed by atoms with Crippen molar-refractivity contribution >= 4 is 28.9 Å². The molecule has 2 aliphatic heterocycles. The fourth-order valence-corrected chi connectivity index (χ4v) is 5.20. The molecule has 2 aromatic rings. The van der Waals surface area contributed by atoms with Gasteiger partial charge in [-0.25, -0.2) is 4.79 Å². The highest BCUT2D eigenvalue weighted by molar-refractivity contribution is 7.09. The van der Waals surface area contributed by atoms with Crippen LogP contribution in [-0.2, 0) is 16.1 Å². The number of nitrogens with zero attached hydrogens (tertiary/aromatic N) is 3. The van der Waals surface area contributed by atoms with Crippen molar-refractivity contribution in [2.24, 2.45) is 0 Å². The molecule has 7 nitrogen and oxygen atoms in total. The van der Waals surface area contributed by atoms with Crippen molar-refractivity contribution in [3.63, 3.8) is 0 Å². The van der Waals surface area contributed by atoms with Crippen LogP contribution in [0.5, 0.6) is 0 Å². The third kappa shape index (κ3) is 7.68. The van der Waals surface area contributed by atoms with Crippen LogP contribution >= 0.6 is 11.3 Å². The van der Waals surface area contributed by atoms with E-state index in [1.165, 1.54) is 4.88 Å². The Hall–Kier alpha value is -2.63. The summed E-state index contributed by atoms with van der Waals surface area (Å²) in [6.45, 7) is 5.30. The van der Waals surface area contributed by atoms with E-state index in [9.17, 15) is 18.0 Å². The number of amides is 1. The summed E-state index contributed by atoms with van der Waals surface area (Å²) in [7, 11) is 4.00. The van der Waals surface area contributed by atoms with Gasteiger partial charge in [-0.05, 0) is 48.9 Å². The SMILES string of the molecule is CN(C)c1cccc(C(=O)N2CCCC3(CC2)CN(Cc2cccs2)CCO3)c1.O=C(O)C(F)(F)F. The highest BCUT2D eigenvalue weighted by Gasteiger charge is 2.39. The molecule has 2 fully saturated rings. The first-order chi connectivity index (χ1) is 17.0. The van der Waals surface area contributed by atoms with E-state index in [0.29, 0.717) is 0 Å². The van der Waals surface area contributed by atoms with E-state index in [0.717, 1.165) is 69.8 Å². The number of halogens is 3. The molecule has 1 aromatic carbocycles. The van der Waals surface area contributed by atoms with Crippen molar-refractivity contribution in [2.75, 3.05) is 51.8 Å². The second-order valence-corrected chi connectivity index (χ2v) is 10.2. The van der Waals surface area contributed by atoms with Crippen molar-refractivity contribution in [3.05, 3.63) is 52.2 Å². The Morgan fingerprint density at radius 3 is 2.53 bits per heavy atom. The van der Waals surface area contributed by atoms with Gasteiger partial charge >= 0.3 is 12.1 Å². The number of likely N-dealkylation sites (tertiary alicyclic amines) is 1. The van der Waals surface area contributed by atoms with Crippen LogP contribution in [0.25, 0.3) is 0 Å². The zero-order chi connectivity index (χ0) is 26.3. The number of hydrogen-bond donors (Lipinski definition) is 1. The van der Waals surface area contributed by atoms with E-state index < -0.39 is 12.1 Å². The van der Waals surface area contributed by atoms with E-state index in [4.69, 9.17) is 14.6 Å². The van der Waals surface area contributed by atoms with Gasteiger partial charge in [0.25, 0.3) is 5.91 Å². The number of rotatable bonds is 4. The molecule has 1 aromatic heterocycles. The Morgan fingerprint density at radius 1 is 1.14 bits per heavy atom. The minimum Gasteiger partial charge on any atom is -0.475 e. The average Bonchev–Trinajstić information content (AvgIpc) is 3.26. The molecule has 0 bridgehead atoms. The van der Waals surface area contributed by atoms with Gasteiger partial charge in [0.05, 0.1) is 12.2 Å². The van der Waals surface area contributed by atoms with Crippen LogP contribution in [0.3, 0.4) is 0 Å². The Balaban J connectivity index is 0.000000454. The summed E-state index contributed by atoms with van der Waals surface area (Å²) in [4.78, 5) is 30.0. The van der Waals surface area contributed by atoms with Gasteiger partial charge in [0.15, 0.2) is 0 Å². The standard InChI is InChI=1S/C23H31N3O2S.C2HF3O2/c1-24(2)20-7-3-6-19(16-20)22(27)26-11-5-9-23(10-12-26)18-25(13-14-28-23)17-21-8-4-15-29-21;3-2(4,5)1(6)7/h3-4,6-8,15-16H,5,9-14,17-18H2,1-2H3;(H,6,7). The predicted octanol–water partition coefficient (Wildman–Crippen LogP) is 4.34. The van der Waals surface area contributed by atoms with Crippen molar-refractivity contribution in [1.82, 2.24) is 9.80 Å². The number of carboxylic acid groups (broad SMARTS) is 1. The van der Waals surface area contributed by atoms with Crippen molar-refractivity contribution in [2.45, 2.75) is 37.6 Å². The highest BCUT2D eigenvalue weighted by Crippen LogP contribution is 2.32. The Bertz CT molecular complexity index is 1020. The zero-order valence-corrected chi connectivity index (χ0v) is 21.3. The zero-order valence-electron chi connectivity index (χ0n) is 20.5. The molecule has 2 aliphatic rings. The second-order valence-electron chi connectivity index (χ2n) is 9.21. The summed E-state index contributed by atoms with van der Waals surface area (Å²) in [5.74, 6) is -2.62. The van der Waals surface area contributed by atoms with Crippen molar-refractivity contribution in [3.8, 4) is 0 Å². The quantitative estimate of drug-likeness (QED) is 0.638. The lowest BCUT2D eigenvalue weighted by molar-refractivity contribution is -0.192. The van der Waals surface area contributed by atoms with Gasteiger partial charge in [-0.1, -0.05) is 12.1 Å². The van der Waals surface area contributed by atoms with Crippen LogP contribution in [0.15, 0.2) is 41.8 Å². The van der Waals surface area contributed by atoms with Crippen LogP contribution in [0.4, 0.5) is 18.9 Å². The first kappa shape index (κ1) is 27.9. The molecular weight excluding hydrogens is 495 g/mol. The number of benzene rings is 1. The Kier molecular flexibility index (Phi) is 9.37. The fraction of sp³-hybridized carbons (Fsp3) is 0.520. The van der Waals surface area contributed by atoms with Gasteiger partial charge in [-0.2, -0.15) is 13.2 Å². The number of carbonyl (C=O) groups excluding carboxylic acids is 1. The van der Waals surface area contributed by atoms with Gasteiger partial charge in [0.1, 0.15) is 0 Å². The van der Waals surface area contributed by atoms with E-state index in [-0.39, 0.29) is 11.5 Å². The first-order valence-corrected chi connectivity index (χ1v) is 12.6. The maximum absolute atomic E-state index is 13.1. The molecule has 1 unspecified atom stereocenters. The number of thiophene rings is 1. The van der Waals surface area contributed by atoms with Crippen molar-refractivity contribution in [1.29, 1.82) is 0 Å². The van der Waals surface area contributed by atoms with Crippen LogP contribution < -0.4 is 4.90 Å². The molecule has 1 atom stereocenters. The van der Waals surface area contributed by atoms with E-state index in [1.807, 2.05) is 59.5 Å². The summed E-state index contributed by atoms with van der Waals surface area (Å²) in [6.07, 6.45) is -2.16. The molecule has 11 heteroatoms. The third-order valence-electron chi connectivity index (χ3n) is 6.32. The molecule has 36 heavy (non-hydrogen) atoms. The van der Waals surface area contributed by atoms with Gasteiger partial charge in [0, 0.05) is 62.9 Å².